The van der Waals surface area contributed by atoms with E-state index in [0.717, 1.165) is 25.9 Å². The Morgan fingerprint density at radius 3 is 2.75 bits per heavy atom. The predicted molar refractivity (Wildman–Crippen MR) is 49.8 cm³/mol. The number of rotatable bonds is 7. The van der Waals surface area contributed by atoms with Crippen molar-refractivity contribution in [2.45, 2.75) is 52.1 Å². The first kappa shape index (κ1) is 11.4. The Balaban J connectivity index is 3.04. The molecule has 0 aliphatic carbocycles. The average Bonchev–Trinajstić information content (AvgIpc) is 2.05. The molecule has 0 saturated carbocycles. The minimum absolute atomic E-state index is 0.386. The van der Waals surface area contributed by atoms with Crippen LogP contribution in [0, 0.1) is 11.3 Å². The number of hydrogen-bond acceptors (Lipinski definition) is 2. The molecule has 1 atom stereocenters. The highest BCUT2D eigenvalue weighted by Crippen LogP contribution is 2.02. The van der Waals surface area contributed by atoms with Crippen molar-refractivity contribution in [3.8, 4) is 6.07 Å². The van der Waals surface area contributed by atoms with E-state index in [2.05, 4.69) is 19.9 Å². The minimum atomic E-state index is 0.386. The lowest BCUT2D eigenvalue weighted by Gasteiger charge is -2.10. The monoisotopic (exact) mass is 169 g/mol. The second-order valence-electron chi connectivity index (χ2n) is 3.09. The number of nitriles is 1. The van der Waals surface area contributed by atoms with Crippen LogP contribution in [0.2, 0.25) is 0 Å². The molecule has 0 rings (SSSR count). The van der Waals surface area contributed by atoms with Gasteiger partial charge >= 0.3 is 0 Å². The molecule has 2 heteroatoms. The van der Waals surface area contributed by atoms with Gasteiger partial charge in [0.25, 0.3) is 0 Å². The molecule has 0 radical (unpaired) electrons. The Bertz CT molecular complexity index is 128. The highest BCUT2D eigenvalue weighted by molar-refractivity contribution is 4.67. The lowest BCUT2D eigenvalue weighted by Crippen LogP contribution is -2.08. The van der Waals surface area contributed by atoms with E-state index >= 15 is 0 Å². The largest absolute Gasteiger partial charge is 0.379 e. The van der Waals surface area contributed by atoms with Gasteiger partial charge in [-0.05, 0) is 26.2 Å². The predicted octanol–water partition coefficient (Wildman–Crippen LogP) is 2.89. The van der Waals surface area contributed by atoms with Gasteiger partial charge in [-0.25, -0.2) is 0 Å². The van der Waals surface area contributed by atoms with Crippen LogP contribution in [0.25, 0.3) is 0 Å². The van der Waals surface area contributed by atoms with E-state index in [-0.39, 0.29) is 0 Å². The maximum atomic E-state index is 8.27. The van der Waals surface area contributed by atoms with E-state index < -0.39 is 0 Å². The van der Waals surface area contributed by atoms with Crippen molar-refractivity contribution in [2.24, 2.45) is 0 Å². The Morgan fingerprint density at radius 1 is 1.42 bits per heavy atom. The lowest BCUT2D eigenvalue weighted by atomic mass is 10.2. The molecule has 0 heterocycles. The summed E-state index contributed by atoms with van der Waals surface area (Å²) in [6, 6.07) is 2.13. The van der Waals surface area contributed by atoms with E-state index in [1.807, 2.05) is 0 Å². The van der Waals surface area contributed by atoms with Gasteiger partial charge in [-0.15, -0.1) is 0 Å². The lowest BCUT2D eigenvalue weighted by molar-refractivity contribution is 0.0575. The molecule has 0 bridgehead atoms. The van der Waals surface area contributed by atoms with Crippen molar-refractivity contribution in [1.82, 2.24) is 0 Å². The molecule has 2 nitrogen and oxygen atoms in total. The van der Waals surface area contributed by atoms with Crippen LogP contribution < -0.4 is 0 Å². The third kappa shape index (κ3) is 7.56. The second kappa shape index (κ2) is 8.55. The van der Waals surface area contributed by atoms with Gasteiger partial charge in [0.15, 0.2) is 0 Å². The van der Waals surface area contributed by atoms with Crippen molar-refractivity contribution < 1.29 is 4.74 Å². The van der Waals surface area contributed by atoms with Crippen LogP contribution in [0.3, 0.4) is 0 Å². The van der Waals surface area contributed by atoms with E-state index in [1.165, 1.54) is 6.42 Å². The van der Waals surface area contributed by atoms with Crippen LogP contribution >= 0.6 is 0 Å². The summed E-state index contributed by atoms with van der Waals surface area (Å²) >= 11 is 0. The summed E-state index contributed by atoms with van der Waals surface area (Å²) in [5, 5.41) is 8.27. The molecular weight excluding hydrogens is 150 g/mol. The number of ether oxygens (including phenoxy) is 1. The summed E-state index contributed by atoms with van der Waals surface area (Å²) in [6.07, 6.45) is 5.34. The van der Waals surface area contributed by atoms with Crippen LogP contribution in [0.15, 0.2) is 0 Å². The van der Waals surface area contributed by atoms with Gasteiger partial charge in [0.2, 0.25) is 0 Å². The van der Waals surface area contributed by atoms with Gasteiger partial charge in [-0.1, -0.05) is 13.3 Å². The zero-order chi connectivity index (χ0) is 9.23. The molecule has 0 aromatic carbocycles. The summed E-state index contributed by atoms with van der Waals surface area (Å²) in [5.74, 6) is 0. The Labute approximate surface area is 75.5 Å². The first-order valence-corrected chi connectivity index (χ1v) is 4.79. The quantitative estimate of drug-likeness (QED) is 0.549. The molecule has 0 spiro atoms. The SMILES string of the molecule is CCCC(C)OCCCCC#N. The van der Waals surface area contributed by atoms with Crippen LogP contribution in [0.4, 0.5) is 0 Å². The first-order valence-electron chi connectivity index (χ1n) is 4.79. The summed E-state index contributed by atoms with van der Waals surface area (Å²) < 4.78 is 5.52. The Kier molecular flexibility index (Phi) is 8.15. The highest BCUT2D eigenvalue weighted by Gasteiger charge is 1.98. The molecule has 0 aliphatic heterocycles. The molecule has 0 saturated heterocycles. The number of nitrogens with zero attached hydrogens (tertiary/aromatic N) is 1. The van der Waals surface area contributed by atoms with Crippen LogP contribution in [0.1, 0.15) is 46.0 Å². The van der Waals surface area contributed by atoms with Crippen molar-refractivity contribution in [1.29, 1.82) is 5.26 Å². The minimum Gasteiger partial charge on any atom is -0.379 e. The maximum absolute atomic E-state index is 8.27. The standard InChI is InChI=1S/C10H19NO/c1-3-7-10(2)12-9-6-4-5-8-11/h10H,3-7,9H2,1-2H3. The maximum Gasteiger partial charge on any atom is 0.0621 e. The Hall–Kier alpha value is -0.550. The van der Waals surface area contributed by atoms with E-state index in [9.17, 15) is 0 Å². The number of hydrogen-bond donors (Lipinski definition) is 0. The van der Waals surface area contributed by atoms with Gasteiger partial charge in [0, 0.05) is 13.0 Å². The van der Waals surface area contributed by atoms with Crippen molar-refractivity contribution in [2.75, 3.05) is 6.61 Å². The van der Waals surface area contributed by atoms with Gasteiger partial charge in [0.1, 0.15) is 0 Å². The van der Waals surface area contributed by atoms with Crippen LogP contribution in [-0.4, -0.2) is 12.7 Å². The molecule has 0 amide bonds. The summed E-state index contributed by atoms with van der Waals surface area (Å²) in [4.78, 5) is 0. The molecule has 0 aromatic heterocycles. The molecule has 0 aliphatic rings. The van der Waals surface area contributed by atoms with Gasteiger partial charge in [-0.2, -0.15) is 5.26 Å². The topological polar surface area (TPSA) is 33.0 Å². The van der Waals surface area contributed by atoms with Crippen molar-refractivity contribution >= 4 is 0 Å². The fraction of sp³-hybridized carbons (Fsp3) is 0.900. The van der Waals surface area contributed by atoms with Gasteiger partial charge in [-0.3, -0.25) is 0 Å². The molecule has 1 unspecified atom stereocenters. The average molecular weight is 169 g/mol. The van der Waals surface area contributed by atoms with Crippen molar-refractivity contribution in [3.05, 3.63) is 0 Å². The molecule has 12 heavy (non-hydrogen) atoms. The third-order valence-corrected chi connectivity index (χ3v) is 1.78. The second-order valence-corrected chi connectivity index (χ2v) is 3.09. The highest BCUT2D eigenvalue weighted by atomic mass is 16.5. The van der Waals surface area contributed by atoms with Gasteiger partial charge in [0.05, 0.1) is 12.2 Å². The van der Waals surface area contributed by atoms with E-state index in [1.54, 1.807) is 0 Å². The molecule has 0 aromatic rings. The van der Waals surface area contributed by atoms with E-state index in [4.69, 9.17) is 10.00 Å². The molecule has 0 fully saturated rings. The summed E-state index contributed by atoms with van der Waals surface area (Å²) in [5.41, 5.74) is 0. The van der Waals surface area contributed by atoms with Crippen LogP contribution in [-0.2, 0) is 4.74 Å². The summed E-state index contributed by atoms with van der Waals surface area (Å²) in [7, 11) is 0. The van der Waals surface area contributed by atoms with Gasteiger partial charge < -0.3 is 4.74 Å². The Morgan fingerprint density at radius 2 is 2.17 bits per heavy atom. The van der Waals surface area contributed by atoms with Crippen LogP contribution in [0.5, 0.6) is 0 Å². The first-order chi connectivity index (χ1) is 5.81. The number of unbranched alkanes of at least 4 members (excludes halogenated alkanes) is 2. The van der Waals surface area contributed by atoms with E-state index in [0.29, 0.717) is 12.5 Å². The smallest absolute Gasteiger partial charge is 0.0621 e. The zero-order valence-electron chi connectivity index (χ0n) is 8.18. The fourth-order valence-corrected chi connectivity index (χ4v) is 1.08. The fourth-order valence-electron chi connectivity index (χ4n) is 1.08. The normalized spacial score (nSPS) is 12.4. The molecule has 0 N–H and O–H groups in total. The molecule has 70 valence electrons. The van der Waals surface area contributed by atoms with Crippen molar-refractivity contribution in [3.63, 3.8) is 0 Å². The third-order valence-electron chi connectivity index (χ3n) is 1.78. The summed E-state index contributed by atoms with van der Waals surface area (Å²) in [6.45, 7) is 5.08. The zero-order valence-corrected chi connectivity index (χ0v) is 8.18. The molecular formula is C10H19NO.